The van der Waals surface area contributed by atoms with Crippen LogP contribution in [-0.4, -0.2) is 28.7 Å². The van der Waals surface area contributed by atoms with Gasteiger partial charge < -0.3 is 5.32 Å². The van der Waals surface area contributed by atoms with E-state index >= 15 is 0 Å². The Bertz CT molecular complexity index is 852. The summed E-state index contributed by atoms with van der Waals surface area (Å²) in [5.74, 6) is -1.12. The number of amides is 3. The first-order valence-electron chi connectivity index (χ1n) is 8.88. The van der Waals surface area contributed by atoms with E-state index in [1.807, 2.05) is 30.3 Å². The Balaban J connectivity index is 1.56. The Morgan fingerprint density at radius 1 is 0.962 bits per heavy atom. The third-order valence-corrected chi connectivity index (χ3v) is 5.49. The number of fused-ring (bicyclic) bond motifs is 1. The van der Waals surface area contributed by atoms with Crippen LogP contribution in [0.5, 0.6) is 0 Å². The van der Waals surface area contributed by atoms with Gasteiger partial charge in [0.2, 0.25) is 5.91 Å². The maximum atomic E-state index is 12.9. The minimum Gasteiger partial charge on any atom is -0.345 e. The molecule has 0 radical (unpaired) electrons. The largest absolute Gasteiger partial charge is 0.345 e. The highest BCUT2D eigenvalue weighted by molar-refractivity contribution is 6.22. The zero-order chi connectivity index (χ0) is 18.3. The molecule has 5 nitrogen and oxygen atoms in total. The van der Waals surface area contributed by atoms with E-state index in [1.165, 1.54) is 0 Å². The van der Waals surface area contributed by atoms with Gasteiger partial charge in [0, 0.05) is 0 Å². The van der Waals surface area contributed by atoms with Gasteiger partial charge in [0.15, 0.2) is 0 Å². The van der Waals surface area contributed by atoms with Gasteiger partial charge in [-0.25, -0.2) is 0 Å². The van der Waals surface area contributed by atoms with Crippen LogP contribution in [0.15, 0.2) is 54.6 Å². The molecule has 0 saturated heterocycles. The molecule has 26 heavy (non-hydrogen) atoms. The molecular weight excluding hydrogens is 328 g/mol. The maximum absolute atomic E-state index is 12.9. The van der Waals surface area contributed by atoms with Crippen LogP contribution in [0.2, 0.25) is 0 Å². The Morgan fingerprint density at radius 2 is 1.50 bits per heavy atom. The molecule has 1 aliphatic carbocycles. The van der Waals surface area contributed by atoms with Crippen LogP contribution in [0.4, 0.5) is 0 Å². The van der Waals surface area contributed by atoms with Crippen LogP contribution >= 0.6 is 0 Å². The molecule has 1 saturated carbocycles. The standard InChI is InChI=1S/C21H20N2O3/c1-14(23-19(25)16-10-5-6-11-17(16)20(23)26)18(24)22-21(12-7-13-21)15-8-3-2-4-9-15/h2-6,8-11,14H,7,12-13H2,1H3,(H,22,24). The van der Waals surface area contributed by atoms with Gasteiger partial charge in [-0.15, -0.1) is 0 Å². The molecule has 1 heterocycles. The average Bonchev–Trinajstić information content (AvgIpc) is 2.89. The Kier molecular flexibility index (Phi) is 3.87. The molecule has 4 rings (SSSR count). The molecule has 1 unspecified atom stereocenters. The number of carbonyl (C=O) groups excluding carboxylic acids is 3. The van der Waals surface area contributed by atoms with Gasteiger partial charge in [-0.3, -0.25) is 19.3 Å². The van der Waals surface area contributed by atoms with Crippen molar-refractivity contribution >= 4 is 17.7 Å². The van der Waals surface area contributed by atoms with E-state index in [9.17, 15) is 14.4 Å². The quantitative estimate of drug-likeness (QED) is 0.864. The van der Waals surface area contributed by atoms with Gasteiger partial charge in [-0.1, -0.05) is 42.5 Å². The molecule has 5 heteroatoms. The zero-order valence-corrected chi connectivity index (χ0v) is 14.6. The number of hydrogen-bond acceptors (Lipinski definition) is 3. The number of carbonyl (C=O) groups is 3. The molecule has 1 atom stereocenters. The molecule has 1 fully saturated rings. The van der Waals surface area contributed by atoms with Crippen molar-refractivity contribution in [1.29, 1.82) is 0 Å². The second-order valence-electron chi connectivity index (χ2n) is 6.99. The fourth-order valence-electron chi connectivity index (χ4n) is 3.79. The van der Waals surface area contributed by atoms with Gasteiger partial charge in [0.1, 0.15) is 6.04 Å². The molecule has 132 valence electrons. The van der Waals surface area contributed by atoms with Crippen LogP contribution < -0.4 is 5.32 Å². The lowest BCUT2D eigenvalue weighted by molar-refractivity contribution is -0.127. The predicted octanol–water partition coefficient (Wildman–Crippen LogP) is 2.87. The van der Waals surface area contributed by atoms with E-state index in [2.05, 4.69) is 5.32 Å². The normalized spacial score (nSPS) is 18.9. The maximum Gasteiger partial charge on any atom is 0.262 e. The van der Waals surface area contributed by atoms with E-state index in [-0.39, 0.29) is 5.91 Å². The third-order valence-electron chi connectivity index (χ3n) is 5.49. The highest BCUT2D eigenvalue weighted by Gasteiger charge is 2.44. The summed E-state index contributed by atoms with van der Waals surface area (Å²) < 4.78 is 0. The lowest BCUT2D eigenvalue weighted by atomic mass is 9.71. The van der Waals surface area contributed by atoms with Crippen LogP contribution in [0, 0.1) is 0 Å². The van der Waals surface area contributed by atoms with E-state index in [4.69, 9.17) is 0 Å². The van der Waals surface area contributed by atoms with Gasteiger partial charge in [-0.05, 0) is 43.9 Å². The van der Waals surface area contributed by atoms with Crippen molar-refractivity contribution in [3.05, 3.63) is 71.3 Å². The lowest BCUT2D eigenvalue weighted by Crippen LogP contribution is -2.56. The Morgan fingerprint density at radius 3 is 2.00 bits per heavy atom. The van der Waals surface area contributed by atoms with Crippen molar-refractivity contribution in [3.63, 3.8) is 0 Å². The van der Waals surface area contributed by atoms with Crippen molar-refractivity contribution < 1.29 is 14.4 Å². The molecular formula is C21H20N2O3. The Labute approximate surface area is 152 Å². The number of benzene rings is 2. The number of nitrogens with zero attached hydrogens (tertiary/aromatic N) is 1. The predicted molar refractivity (Wildman–Crippen MR) is 96.5 cm³/mol. The first-order chi connectivity index (χ1) is 12.5. The zero-order valence-electron chi connectivity index (χ0n) is 14.6. The smallest absolute Gasteiger partial charge is 0.262 e. The van der Waals surface area contributed by atoms with Crippen LogP contribution in [0.3, 0.4) is 0 Å². The topological polar surface area (TPSA) is 66.5 Å². The summed E-state index contributed by atoms with van der Waals surface area (Å²) in [7, 11) is 0. The average molecular weight is 348 g/mol. The van der Waals surface area contributed by atoms with Gasteiger partial charge in [-0.2, -0.15) is 0 Å². The molecule has 1 aliphatic heterocycles. The summed E-state index contributed by atoms with van der Waals surface area (Å²) in [4.78, 5) is 39.2. The summed E-state index contributed by atoms with van der Waals surface area (Å²) >= 11 is 0. The molecule has 3 amide bonds. The Hall–Kier alpha value is -2.95. The fraction of sp³-hybridized carbons (Fsp3) is 0.286. The monoisotopic (exact) mass is 348 g/mol. The summed E-state index contributed by atoms with van der Waals surface area (Å²) in [6.07, 6.45) is 2.76. The van der Waals surface area contributed by atoms with E-state index in [0.29, 0.717) is 11.1 Å². The van der Waals surface area contributed by atoms with Crippen LogP contribution in [0.25, 0.3) is 0 Å². The number of imide groups is 1. The van der Waals surface area contributed by atoms with E-state index in [0.717, 1.165) is 29.7 Å². The number of hydrogen-bond donors (Lipinski definition) is 1. The van der Waals surface area contributed by atoms with E-state index in [1.54, 1.807) is 31.2 Å². The van der Waals surface area contributed by atoms with Crippen molar-refractivity contribution in [2.75, 3.05) is 0 Å². The fourth-order valence-corrected chi connectivity index (χ4v) is 3.79. The SMILES string of the molecule is CC(C(=O)NC1(c2ccccc2)CCC1)N1C(=O)c2ccccc2C1=O. The first-order valence-corrected chi connectivity index (χ1v) is 8.88. The number of rotatable bonds is 4. The van der Waals surface area contributed by atoms with Crippen molar-refractivity contribution in [2.24, 2.45) is 0 Å². The molecule has 1 N–H and O–H groups in total. The van der Waals surface area contributed by atoms with Crippen LogP contribution in [-0.2, 0) is 10.3 Å². The van der Waals surface area contributed by atoms with Crippen molar-refractivity contribution in [2.45, 2.75) is 37.8 Å². The van der Waals surface area contributed by atoms with Gasteiger partial charge in [0.05, 0.1) is 16.7 Å². The van der Waals surface area contributed by atoms with Crippen molar-refractivity contribution in [1.82, 2.24) is 10.2 Å². The first kappa shape index (κ1) is 16.5. The van der Waals surface area contributed by atoms with Crippen molar-refractivity contribution in [3.8, 4) is 0 Å². The summed E-state index contributed by atoms with van der Waals surface area (Å²) in [5, 5.41) is 3.11. The minimum atomic E-state index is -0.858. The molecule has 0 spiro atoms. The van der Waals surface area contributed by atoms with Gasteiger partial charge >= 0.3 is 0 Å². The lowest BCUT2D eigenvalue weighted by Gasteiger charge is -2.44. The third kappa shape index (κ3) is 2.43. The molecule has 2 aliphatic rings. The van der Waals surface area contributed by atoms with Crippen LogP contribution in [0.1, 0.15) is 52.5 Å². The highest BCUT2D eigenvalue weighted by Crippen LogP contribution is 2.41. The van der Waals surface area contributed by atoms with Gasteiger partial charge in [0.25, 0.3) is 11.8 Å². The highest BCUT2D eigenvalue weighted by atomic mass is 16.2. The summed E-state index contributed by atoms with van der Waals surface area (Å²) in [6.45, 7) is 1.61. The summed E-state index contributed by atoms with van der Waals surface area (Å²) in [6, 6.07) is 15.7. The van der Waals surface area contributed by atoms with E-state index < -0.39 is 23.4 Å². The number of nitrogens with one attached hydrogen (secondary N) is 1. The second-order valence-corrected chi connectivity index (χ2v) is 6.99. The minimum absolute atomic E-state index is 0.303. The molecule has 0 aromatic heterocycles. The molecule has 0 bridgehead atoms. The molecule has 2 aromatic carbocycles. The molecule has 2 aromatic rings. The second kappa shape index (κ2) is 6.09. The summed E-state index contributed by atoms with van der Waals surface area (Å²) in [5.41, 5.74) is 1.39.